The second kappa shape index (κ2) is 3.17. The number of carbonyl (C=O) groups is 1. The van der Waals surface area contributed by atoms with Crippen LogP contribution in [0.15, 0.2) is 0 Å². The SMILES string of the molecule is O=C(O)C1(CCF)CCOC1. The summed E-state index contributed by atoms with van der Waals surface area (Å²) in [6, 6.07) is 0. The van der Waals surface area contributed by atoms with Gasteiger partial charge in [-0.3, -0.25) is 9.18 Å². The standard InChI is InChI=1S/C7H11FO3/c8-3-1-7(6(9)10)2-4-11-5-7/h1-5H2,(H,9,10). The monoisotopic (exact) mass is 162 g/mol. The molecule has 3 nitrogen and oxygen atoms in total. The molecule has 0 amide bonds. The Morgan fingerprint density at radius 1 is 1.73 bits per heavy atom. The van der Waals surface area contributed by atoms with Gasteiger partial charge in [0, 0.05) is 6.61 Å². The smallest absolute Gasteiger partial charge is 0.312 e. The highest BCUT2D eigenvalue weighted by molar-refractivity contribution is 5.75. The third-order valence-corrected chi connectivity index (χ3v) is 2.13. The van der Waals surface area contributed by atoms with Crippen molar-refractivity contribution in [2.75, 3.05) is 19.9 Å². The first-order valence-corrected chi connectivity index (χ1v) is 3.58. The molecule has 1 unspecified atom stereocenters. The number of ether oxygens (including phenoxy) is 1. The maximum Gasteiger partial charge on any atom is 0.312 e. The van der Waals surface area contributed by atoms with Gasteiger partial charge in [-0.25, -0.2) is 0 Å². The van der Waals surface area contributed by atoms with Gasteiger partial charge in [-0.05, 0) is 12.8 Å². The van der Waals surface area contributed by atoms with Crippen molar-refractivity contribution in [3.8, 4) is 0 Å². The topological polar surface area (TPSA) is 46.5 Å². The molecule has 1 N–H and O–H groups in total. The largest absolute Gasteiger partial charge is 0.481 e. The first-order valence-electron chi connectivity index (χ1n) is 3.58. The van der Waals surface area contributed by atoms with E-state index in [4.69, 9.17) is 9.84 Å². The summed E-state index contributed by atoms with van der Waals surface area (Å²) in [6.45, 7) is 0.00815. The number of rotatable bonds is 3. The average Bonchev–Trinajstić information content (AvgIpc) is 2.38. The van der Waals surface area contributed by atoms with Gasteiger partial charge in [0.25, 0.3) is 0 Å². The van der Waals surface area contributed by atoms with Crippen LogP contribution in [0.1, 0.15) is 12.8 Å². The van der Waals surface area contributed by atoms with Crippen LogP contribution in [0.5, 0.6) is 0 Å². The molecule has 1 saturated heterocycles. The number of carboxylic acid groups (broad SMARTS) is 1. The summed E-state index contributed by atoms with van der Waals surface area (Å²) in [5.41, 5.74) is -0.936. The second-order valence-electron chi connectivity index (χ2n) is 2.83. The molecule has 0 bridgehead atoms. The van der Waals surface area contributed by atoms with Crippen LogP contribution >= 0.6 is 0 Å². The molecule has 1 atom stereocenters. The highest BCUT2D eigenvalue weighted by Crippen LogP contribution is 2.32. The minimum absolute atomic E-state index is 0.0718. The molecule has 0 aliphatic carbocycles. The van der Waals surface area contributed by atoms with E-state index < -0.39 is 18.1 Å². The van der Waals surface area contributed by atoms with Gasteiger partial charge in [-0.1, -0.05) is 0 Å². The fraction of sp³-hybridized carbons (Fsp3) is 0.857. The number of halogens is 1. The van der Waals surface area contributed by atoms with Crippen LogP contribution in [-0.2, 0) is 9.53 Å². The lowest BCUT2D eigenvalue weighted by molar-refractivity contribution is -0.149. The van der Waals surface area contributed by atoms with E-state index >= 15 is 0 Å². The predicted molar refractivity (Wildman–Crippen MR) is 36.1 cm³/mol. The maximum absolute atomic E-state index is 11.9. The molecule has 1 heterocycles. The van der Waals surface area contributed by atoms with Crippen LogP contribution in [-0.4, -0.2) is 31.0 Å². The van der Waals surface area contributed by atoms with Gasteiger partial charge >= 0.3 is 5.97 Å². The third kappa shape index (κ3) is 1.50. The average molecular weight is 162 g/mol. The zero-order chi connectivity index (χ0) is 8.32. The van der Waals surface area contributed by atoms with Gasteiger partial charge in [-0.15, -0.1) is 0 Å². The highest BCUT2D eigenvalue weighted by Gasteiger charge is 2.41. The van der Waals surface area contributed by atoms with Crippen molar-refractivity contribution in [3.05, 3.63) is 0 Å². The summed E-state index contributed by atoms with van der Waals surface area (Å²) in [5, 5.41) is 8.75. The second-order valence-corrected chi connectivity index (χ2v) is 2.83. The summed E-state index contributed by atoms with van der Waals surface area (Å²) in [5.74, 6) is -0.937. The van der Waals surface area contributed by atoms with E-state index in [1.54, 1.807) is 0 Å². The molecule has 64 valence electrons. The lowest BCUT2D eigenvalue weighted by Gasteiger charge is -2.19. The van der Waals surface area contributed by atoms with Crippen LogP contribution in [0.2, 0.25) is 0 Å². The molecule has 1 rings (SSSR count). The summed E-state index contributed by atoms with van der Waals surface area (Å²) in [6.07, 6.45) is 0.509. The molecule has 0 spiro atoms. The predicted octanol–water partition coefficient (Wildman–Crippen LogP) is 0.837. The lowest BCUT2D eigenvalue weighted by atomic mass is 9.84. The number of aliphatic carboxylic acids is 1. The Morgan fingerprint density at radius 3 is 2.82 bits per heavy atom. The van der Waals surface area contributed by atoms with Crippen LogP contribution < -0.4 is 0 Å². The van der Waals surface area contributed by atoms with E-state index in [0.717, 1.165) is 0 Å². The zero-order valence-electron chi connectivity index (χ0n) is 6.18. The first kappa shape index (κ1) is 8.46. The minimum Gasteiger partial charge on any atom is -0.481 e. The van der Waals surface area contributed by atoms with E-state index in [1.807, 2.05) is 0 Å². The van der Waals surface area contributed by atoms with Gasteiger partial charge in [0.15, 0.2) is 0 Å². The summed E-state index contributed by atoms with van der Waals surface area (Å²) in [7, 11) is 0. The Labute approximate surface area is 64.2 Å². The van der Waals surface area contributed by atoms with Crippen molar-refractivity contribution in [2.45, 2.75) is 12.8 Å². The molecule has 1 fully saturated rings. The van der Waals surface area contributed by atoms with Gasteiger partial charge in [0.05, 0.1) is 18.7 Å². The minimum atomic E-state index is -0.937. The van der Waals surface area contributed by atoms with Crippen molar-refractivity contribution in [1.29, 1.82) is 0 Å². The summed E-state index contributed by atoms with van der Waals surface area (Å²) < 4.78 is 16.9. The van der Waals surface area contributed by atoms with E-state index in [0.29, 0.717) is 13.0 Å². The molecule has 11 heavy (non-hydrogen) atoms. The molecule has 0 aromatic carbocycles. The lowest BCUT2D eigenvalue weighted by Crippen LogP contribution is -2.31. The molecule has 0 saturated carbocycles. The van der Waals surface area contributed by atoms with Crippen molar-refractivity contribution in [3.63, 3.8) is 0 Å². The van der Waals surface area contributed by atoms with Crippen molar-refractivity contribution < 1.29 is 19.0 Å². The fourth-order valence-electron chi connectivity index (χ4n) is 1.26. The fourth-order valence-corrected chi connectivity index (χ4v) is 1.26. The molecular formula is C7H11FO3. The number of hydrogen-bond donors (Lipinski definition) is 1. The van der Waals surface area contributed by atoms with Crippen LogP contribution in [0.4, 0.5) is 4.39 Å². The Hall–Kier alpha value is -0.640. The van der Waals surface area contributed by atoms with Gasteiger partial charge in [-0.2, -0.15) is 0 Å². The third-order valence-electron chi connectivity index (χ3n) is 2.13. The molecule has 1 aliphatic heterocycles. The van der Waals surface area contributed by atoms with Crippen LogP contribution in [0, 0.1) is 5.41 Å². The van der Waals surface area contributed by atoms with Crippen molar-refractivity contribution in [1.82, 2.24) is 0 Å². The molecule has 0 aromatic rings. The number of alkyl halides is 1. The Morgan fingerprint density at radius 2 is 2.45 bits per heavy atom. The molecular weight excluding hydrogens is 151 g/mol. The Balaban J connectivity index is 2.62. The van der Waals surface area contributed by atoms with E-state index in [2.05, 4.69) is 0 Å². The van der Waals surface area contributed by atoms with E-state index in [1.165, 1.54) is 0 Å². The molecule has 0 aromatic heterocycles. The summed E-state index contributed by atoms with van der Waals surface area (Å²) >= 11 is 0. The van der Waals surface area contributed by atoms with Crippen molar-refractivity contribution >= 4 is 5.97 Å². The van der Waals surface area contributed by atoms with Crippen LogP contribution in [0.3, 0.4) is 0 Å². The zero-order valence-corrected chi connectivity index (χ0v) is 6.18. The first-order chi connectivity index (χ1) is 5.21. The normalized spacial score (nSPS) is 30.6. The molecule has 4 heteroatoms. The van der Waals surface area contributed by atoms with Gasteiger partial charge in [0.1, 0.15) is 0 Å². The summed E-state index contributed by atoms with van der Waals surface area (Å²) in [4.78, 5) is 10.7. The maximum atomic E-state index is 11.9. The van der Waals surface area contributed by atoms with Gasteiger partial charge < -0.3 is 9.84 Å². The molecule has 0 radical (unpaired) electrons. The van der Waals surface area contributed by atoms with E-state index in [9.17, 15) is 9.18 Å². The molecule has 1 aliphatic rings. The van der Waals surface area contributed by atoms with Gasteiger partial charge in [0.2, 0.25) is 0 Å². The van der Waals surface area contributed by atoms with Crippen LogP contribution in [0.25, 0.3) is 0 Å². The van der Waals surface area contributed by atoms with Crippen molar-refractivity contribution in [2.24, 2.45) is 5.41 Å². The number of hydrogen-bond acceptors (Lipinski definition) is 2. The Kier molecular flexibility index (Phi) is 2.44. The quantitative estimate of drug-likeness (QED) is 0.668. The highest BCUT2D eigenvalue weighted by atomic mass is 19.1. The Bertz CT molecular complexity index is 152. The number of carboxylic acids is 1. The van der Waals surface area contributed by atoms with E-state index in [-0.39, 0.29) is 13.0 Å².